The van der Waals surface area contributed by atoms with Gasteiger partial charge < -0.3 is 14.7 Å². The van der Waals surface area contributed by atoms with E-state index in [2.05, 4.69) is 4.98 Å². The zero-order chi connectivity index (χ0) is 28.8. The summed E-state index contributed by atoms with van der Waals surface area (Å²) in [6, 6.07) is 9.79. The molecule has 2 saturated heterocycles. The number of fused-ring (bicyclic) bond motifs is 3. The molecule has 1 spiro atoms. The molecule has 7 rings (SSSR count). The second-order valence-corrected chi connectivity index (χ2v) is 14.1. The fraction of sp³-hybridized carbons (Fsp3) is 0.400. The van der Waals surface area contributed by atoms with Gasteiger partial charge in [0, 0.05) is 66.6 Å². The number of aryl methyl sites for hydroxylation is 1. The molecule has 8 nitrogen and oxygen atoms in total. The lowest BCUT2D eigenvalue weighted by molar-refractivity contribution is -0.139. The van der Waals surface area contributed by atoms with E-state index in [9.17, 15) is 22.7 Å². The number of halogens is 2. The fourth-order valence-corrected chi connectivity index (χ4v) is 7.97. The SMILES string of the molecule is Cc1cc(F)c(COc2cc3c(cn2)[C@H]2[C@@H](C3)[C@@H]2C(=O)O)cc1-c1ccc(N2CC3(C2)CN(S(C)(=O)=O)C3)cc1F. The molecule has 2 aromatic carbocycles. The Morgan fingerprint density at radius 2 is 1.85 bits per heavy atom. The van der Waals surface area contributed by atoms with Crippen molar-refractivity contribution >= 4 is 21.7 Å². The number of anilines is 1. The summed E-state index contributed by atoms with van der Waals surface area (Å²) < 4.78 is 60.9. The zero-order valence-electron chi connectivity index (χ0n) is 22.6. The van der Waals surface area contributed by atoms with Crippen molar-refractivity contribution in [1.29, 1.82) is 0 Å². The maximum Gasteiger partial charge on any atom is 0.307 e. The Morgan fingerprint density at radius 1 is 1.10 bits per heavy atom. The van der Waals surface area contributed by atoms with Crippen molar-refractivity contribution in [2.45, 2.75) is 25.9 Å². The van der Waals surface area contributed by atoms with Crippen LogP contribution in [0.25, 0.3) is 11.1 Å². The van der Waals surface area contributed by atoms with Gasteiger partial charge in [-0.2, -0.15) is 0 Å². The molecule has 3 aromatic rings. The Labute approximate surface area is 236 Å². The summed E-state index contributed by atoms with van der Waals surface area (Å²) in [7, 11) is -3.18. The molecule has 3 fully saturated rings. The molecule has 11 heteroatoms. The molecule has 214 valence electrons. The van der Waals surface area contributed by atoms with Gasteiger partial charge in [-0.25, -0.2) is 26.5 Å². The second kappa shape index (κ2) is 8.96. The van der Waals surface area contributed by atoms with Crippen LogP contribution in [-0.2, 0) is 27.8 Å². The van der Waals surface area contributed by atoms with Crippen LogP contribution in [0, 0.1) is 35.8 Å². The first-order valence-electron chi connectivity index (χ1n) is 13.6. The van der Waals surface area contributed by atoms with E-state index in [-0.39, 0.29) is 35.3 Å². The smallest absolute Gasteiger partial charge is 0.307 e. The number of nitrogens with zero attached hydrogens (tertiary/aromatic N) is 3. The first kappa shape index (κ1) is 26.3. The molecule has 0 unspecified atom stereocenters. The largest absolute Gasteiger partial charge is 0.481 e. The molecular formula is C30H29F2N3O5S. The number of aliphatic carboxylic acids is 1. The molecule has 1 aromatic heterocycles. The number of sulfonamides is 1. The summed E-state index contributed by atoms with van der Waals surface area (Å²) in [5, 5.41) is 9.30. The summed E-state index contributed by atoms with van der Waals surface area (Å²) in [4.78, 5) is 17.7. The molecule has 3 atom stereocenters. The van der Waals surface area contributed by atoms with Crippen LogP contribution in [0.5, 0.6) is 5.88 Å². The first-order valence-corrected chi connectivity index (χ1v) is 15.4. The Bertz CT molecular complexity index is 1720. The maximum absolute atomic E-state index is 15.4. The van der Waals surface area contributed by atoms with Crippen LogP contribution in [0.15, 0.2) is 42.6 Å². The van der Waals surface area contributed by atoms with Gasteiger partial charge in [-0.15, -0.1) is 0 Å². The van der Waals surface area contributed by atoms with Gasteiger partial charge in [0.1, 0.15) is 18.2 Å². The van der Waals surface area contributed by atoms with E-state index in [1.807, 2.05) is 11.0 Å². The quantitative estimate of drug-likeness (QED) is 0.451. The number of rotatable bonds is 7. The van der Waals surface area contributed by atoms with Gasteiger partial charge in [0.2, 0.25) is 15.9 Å². The molecule has 2 aliphatic carbocycles. The summed E-state index contributed by atoms with van der Waals surface area (Å²) in [6.45, 7) is 3.98. The number of benzene rings is 2. The minimum absolute atomic E-state index is 0.0214. The highest BCUT2D eigenvalue weighted by Crippen LogP contribution is 2.61. The minimum Gasteiger partial charge on any atom is -0.481 e. The third kappa shape index (κ3) is 4.37. The first-order chi connectivity index (χ1) is 19.4. The van der Waals surface area contributed by atoms with Crippen LogP contribution in [0.3, 0.4) is 0 Å². The van der Waals surface area contributed by atoms with Crippen molar-refractivity contribution in [2.75, 3.05) is 37.3 Å². The third-order valence-electron chi connectivity index (χ3n) is 9.19. The van der Waals surface area contributed by atoms with Crippen molar-refractivity contribution in [2.24, 2.45) is 17.3 Å². The highest BCUT2D eigenvalue weighted by Gasteiger charge is 2.60. The Kier molecular flexibility index (Phi) is 5.76. The van der Waals surface area contributed by atoms with Gasteiger partial charge in [-0.1, -0.05) is 0 Å². The van der Waals surface area contributed by atoms with Gasteiger partial charge in [-0.3, -0.25) is 4.79 Å². The summed E-state index contributed by atoms with van der Waals surface area (Å²) in [6.07, 6.45) is 3.55. The summed E-state index contributed by atoms with van der Waals surface area (Å²) in [5.41, 5.74) is 4.44. The Morgan fingerprint density at radius 3 is 2.54 bits per heavy atom. The van der Waals surface area contributed by atoms with Crippen LogP contribution in [-0.4, -0.2) is 61.2 Å². The van der Waals surface area contributed by atoms with E-state index < -0.39 is 27.6 Å². The predicted octanol–water partition coefficient (Wildman–Crippen LogP) is 3.97. The van der Waals surface area contributed by atoms with Gasteiger partial charge in [-0.05, 0) is 71.8 Å². The number of aromatic nitrogens is 1. The van der Waals surface area contributed by atoms with Gasteiger partial charge in [0.15, 0.2) is 0 Å². The average molecular weight is 582 g/mol. The molecule has 0 bridgehead atoms. The standard InChI is InChI=1S/C30H29F2N3O5S/c1-16-5-24(31)18(11-40-26-8-17-6-22-27(23(17)10-33-26)28(22)29(36)37)7-21(16)20-4-3-19(9-25(20)32)34-12-30(13-34)14-35(15-30)41(2,38)39/h3-5,7-10,22,27-28H,6,11-15H2,1-2H3,(H,36,37)/t22-,27-,28+/m1/s1. The van der Waals surface area contributed by atoms with E-state index in [1.54, 1.807) is 31.3 Å². The zero-order valence-corrected chi connectivity index (χ0v) is 23.4. The molecule has 2 aliphatic heterocycles. The van der Waals surface area contributed by atoms with Crippen molar-refractivity contribution in [3.05, 3.63) is 76.5 Å². The third-order valence-corrected chi connectivity index (χ3v) is 10.4. The number of pyridine rings is 1. The van der Waals surface area contributed by atoms with E-state index in [0.717, 1.165) is 16.8 Å². The second-order valence-electron chi connectivity index (χ2n) is 12.1. The minimum atomic E-state index is -3.18. The molecular weight excluding hydrogens is 552 g/mol. The summed E-state index contributed by atoms with van der Waals surface area (Å²) >= 11 is 0. The molecule has 1 saturated carbocycles. The van der Waals surface area contributed by atoms with Gasteiger partial charge >= 0.3 is 5.97 Å². The van der Waals surface area contributed by atoms with Crippen molar-refractivity contribution in [1.82, 2.24) is 9.29 Å². The number of carbonyl (C=O) groups is 1. The molecule has 3 heterocycles. The molecule has 0 radical (unpaired) electrons. The number of carboxylic acids is 1. The van der Waals surface area contributed by atoms with Crippen molar-refractivity contribution < 1.29 is 31.8 Å². The highest BCUT2D eigenvalue weighted by molar-refractivity contribution is 7.88. The molecule has 41 heavy (non-hydrogen) atoms. The number of carboxylic acid groups (broad SMARTS) is 1. The lowest BCUT2D eigenvalue weighted by Crippen LogP contribution is -2.72. The maximum atomic E-state index is 15.4. The van der Waals surface area contributed by atoms with Crippen LogP contribution in [0.4, 0.5) is 14.5 Å². The van der Waals surface area contributed by atoms with E-state index in [4.69, 9.17) is 4.74 Å². The van der Waals surface area contributed by atoms with Crippen LogP contribution < -0.4 is 9.64 Å². The van der Waals surface area contributed by atoms with Gasteiger partial charge in [0.25, 0.3) is 0 Å². The van der Waals surface area contributed by atoms with E-state index in [1.165, 1.54) is 22.7 Å². The topological polar surface area (TPSA) is 100 Å². The number of hydrogen-bond donors (Lipinski definition) is 1. The Balaban J connectivity index is 1.04. The van der Waals surface area contributed by atoms with Crippen molar-refractivity contribution in [3.8, 4) is 17.0 Å². The monoisotopic (exact) mass is 581 g/mol. The van der Waals surface area contributed by atoms with Crippen LogP contribution in [0.1, 0.15) is 28.2 Å². The lowest BCUT2D eigenvalue weighted by atomic mass is 9.74. The number of ether oxygens (including phenoxy) is 1. The molecule has 4 aliphatic rings. The fourth-order valence-electron chi connectivity index (χ4n) is 6.96. The lowest BCUT2D eigenvalue weighted by Gasteiger charge is -2.60. The predicted molar refractivity (Wildman–Crippen MR) is 147 cm³/mol. The van der Waals surface area contributed by atoms with Gasteiger partial charge in [0.05, 0.1) is 12.2 Å². The summed E-state index contributed by atoms with van der Waals surface area (Å²) in [5.74, 6) is -1.50. The highest BCUT2D eigenvalue weighted by atomic mass is 32.2. The number of hydrogen-bond acceptors (Lipinski definition) is 6. The molecule has 0 amide bonds. The Hall–Kier alpha value is -3.57. The van der Waals surface area contributed by atoms with Crippen LogP contribution in [0.2, 0.25) is 0 Å². The average Bonchev–Trinajstić information content (AvgIpc) is 3.44. The normalized spacial score (nSPS) is 23.9. The van der Waals surface area contributed by atoms with Crippen LogP contribution >= 0.6 is 0 Å². The molecule has 1 N–H and O–H groups in total. The van der Waals surface area contributed by atoms with E-state index >= 15 is 4.39 Å². The van der Waals surface area contributed by atoms with Crippen molar-refractivity contribution in [3.63, 3.8) is 0 Å². The van der Waals surface area contributed by atoms with E-state index in [0.29, 0.717) is 55.2 Å².